The van der Waals surface area contributed by atoms with Gasteiger partial charge in [-0.1, -0.05) is 12.1 Å². The molecule has 0 aliphatic carbocycles. The van der Waals surface area contributed by atoms with E-state index in [9.17, 15) is 80.0 Å². The van der Waals surface area contributed by atoms with Crippen molar-refractivity contribution >= 4 is 66.1 Å². The minimum absolute atomic E-state index is 0. The van der Waals surface area contributed by atoms with Gasteiger partial charge in [0.25, 0.3) is 5.91 Å². The topological polar surface area (TPSA) is 451 Å². The molecular formula is C46H63B2N4NaO26. The van der Waals surface area contributed by atoms with Crippen LogP contribution >= 0.6 is 0 Å². The molecule has 0 bridgehead atoms. The molecule has 4 fully saturated rings. The average molecular weight is 1130 g/mol. The van der Waals surface area contributed by atoms with Crippen LogP contribution in [0, 0.1) is 0 Å². The maximum atomic E-state index is 13.6. The van der Waals surface area contributed by atoms with E-state index >= 15 is 0 Å². The number of carbonyl (C=O) groups is 5. The second-order valence-corrected chi connectivity index (χ2v) is 19.2. The van der Waals surface area contributed by atoms with Gasteiger partial charge in [-0.25, -0.2) is 0 Å². The predicted octanol–water partition coefficient (Wildman–Crippen LogP) is -12.2. The molecule has 8 rings (SSSR count). The summed E-state index contributed by atoms with van der Waals surface area (Å²) < 4.78 is 55.7. The first kappa shape index (κ1) is 64.3. The minimum atomic E-state index is -2.35. The van der Waals surface area contributed by atoms with Gasteiger partial charge in [0.05, 0.1) is 44.5 Å². The number of aliphatic hydroxyl groups excluding tert-OH is 8. The Kier molecular flexibility index (Phi) is 22.7. The molecule has 6 heterocycles. The molecule has 6 aliphatic heterocycles. The molecule has 0 aromatic heterocycles. The van der Waals surface area contributed by atoms with Crippen LogP contribution in [-0.4, -0.2) is 238 Å². The van der Waals surface area contributed by atoms with Gasteiger partial charge in [0.1, 0.15) is 85.4 Å². The van der Waals surface area contributed by atoms with Gasteiger partial charge in [-0.15, -0.1) is 0 Å². The average Bonchev–Trinajstić information content (AvgIpc) is 4.11. The fraction of sp³-hybridized carbons (Fsp3) is 0.630. The van der Waals surface area contributed by atoms with Crippen molar-refractivity contribution in [3.05, 3.63) is 47.5 Å². The van der Waals surface area contributed by atoms with Crippen molar-refractivity contribution in [2.75, 3.05) is 31.0 Å². The smallest absolute Gasteiger partial charge is 0.547 e. The number of hydrogen-bond donors (Lipinski definition) is 14. The van der Waals surface area contributed by atoms with E-state index in [0.29, 0.717) is 23.3 Å². The largest absolute Gasteiger partial charge is 1.00 e. The molecule has 6 aliphatic rings. The molecule has 0 spiro atoms. The molecule has 30 nitrogen and oxygen atoms in total. The second kappa shape index (κ2) is 27.9. The summed E-state index contributed by atoms with van der Waals surface area (Å²) in [5, 5.41) is 130. The van der Waals surface area contributed by atoms with E-state index in [1.165, 1.54) is 26.0 Å². The molecule has 14 N–H and O–H groups in total. The van der Waals surface area contributed by atoms with E-state index in [1.54, 1.807) is 18.2 Å². The summed E-state index contributed by atoms with van der Waals surface area (Å²) in [4.78, 5) is 61.7. The van der Waals surface area contributed by atoms with Crippen molar-refractivity contribution in [2.24, 2.45) is 0 Å². The molecule has 4 saturated heterocycles. The molecule has 20 atom stereocenters. The molecule has 33 heteroatoms. The van der Waals surface area contributed by atoms with Crippen LogP contribution in [0.1, 0.15) is 38.8 Å². The quantitative estimate of drug-likeness (QED) is 0.0737. The number of ether oxygens (including phenoxy) is 8. The van der Waals surface area contributed by atoms with Gasteiger partial charge in [-0.3, -0.25) is 19.2 Å². The Morgan fingerprint density at radius 1 is 0.595 bits per heavy atom. The van der Waals surface area contributed by atoms with Gasteiger partial charge in [-0.05, 0) is 53.2 Å². The van der Waals surface area contributed by atoms with Crippen molar-refractivity contribution < 1.29 is 157 Å². The summed E-state index contributed by atoms with van der Waals surface area (Å²) in [6, 6.07) is 6.99. The first-order valence-corrected chi connectivity index (χ1v) is 24.6. The number of aliphatic carboxylic acids is 1. The molecule has 0 saturated carbocycles. The van der Waals surface area contributed by atoms with Crippen LogP contribution in [0.25, 0.3) is 0 Å². The molecule has 79 heavy (non-hydrogen) atoms. The summed E-state index contributed by atoms with van der Waals surface area (Å²) >= 11 is 0. The molecular weight excluding hydrogens is 1070 g/mol. The Bertz CT molecular complexity index is 2460. The molecule has 430 valence electrons. The number of carboxylic acids is 1. The van der Waals surface area contributed by atoms with Gasteiger partial charge in [-0.2, -0.15) is 0 Å². The van der Waals surface area contributed by atoms with Gasteiger partial charge in [0, 0.05) is 39.3 Å². The third kappa shape index (κ3) is 14.7. The van der Waals surface area contributed by atoms with Crippen molar-refractivity contribution in [3.8, 4) is 0 Å². The van der Waals surface area contributed by atoms with Crippen LogP contribution in [0.4, 0.5) is 11.4 Å². The van der Waals surface area contributed by atoms with Crippen LogP contribution in [-0.2, 0) is 84.4 Å². The zero-order valence-electron chi connectivity index (χ0n) is 43.5. The summed E-state index contributed by atoms with van der Waals surface area (Å²) in [5.74, 6) is -4.55. The summed E-state index contributed by atoms with van der Waals surface area (Å²) in [6.07, 6.45) is -33.3. The summed E-state index contributed by atoms with van der Waals surface area (Å²) in [6.45, 7) is 3.93. The summed E-state index contributed by atoms with van der Waals surface area (Å²) in [5.41, 5.74) is 3.60. The number of methoxy groups -OCH3 is 1. The van der Waals surface area contributed by atoms with E-state index in [4.69, 9.17) is 47.2 Å². The van der Waals surface area contributed by atoms with Gasteiger partial charge >= 0.3 is 43.8 Å². The van der Waals surface area contributed by atoms with Crippen LogP contribution in [0.15, 0.2) is 36.4 Å². The molecule has 4 amide bonds. The number of rotatable bonds is 15. The van der Waals surface area contributed by atoms with Crippen molar-refractivity contribution in [1.82, 2.24) is 10.6 Å². The molecule has 8 unspecified atom stereocenters. The van der Waals surface area contributed by atoms with Crippen molar-refractivity contribution in [2.45, 2.75) is 163 Å². The van der Waals surface area contributed by atoms with Crippen LogP contribution < -0.4 is 66.9 Å². The Morgan fingerprint density at radius 3 is 1.53 bits per heavy atom. The van der Waals surface area contributed by atoms with Crippen LogP contribution in [0.5, 0.6) is 0 Å². The standard InChI is InChI=1S/C37H54BN3O23.C9H10BNO3.Na/c1-11-19(39-12(2)44)27(21(46)17(8-42)58-11)60-37-26(51)24(49)30(32(64-37)34(53)54)62-35-20(40-13(3)45)28(22(47)18(9-43)59-35)61-36-25(50)23(48)29(56-4)31(63-36)33(52)41-15-6-5-14-10-57-38(55)16(14)7-15;1-6(12)11-8-3-2-7-5-14-10(13)9(7)4-8;/h5-7,11,17-32,35-37,42-43,46-51,55H,8-10H2,1-4H3,(H,39,44)(H,40,45)(H,41,52)(H,53,54);2-4,13H,5H2,1H3,(H,11,12);/q;;+1/p-1/t11-,17?,18?,19?,20?,21+,22+,23?,24?,25?,26?,27+,28+,29-,30-,31+,32+,35-,36+,37+;;/m0../s1. The SMILES string of the molecule is CC(=O)Nc1ccc2c(c1)B(O)OC2.CO[C@H]1C(O)C(O)[C@H](O[C@@H]2C(NC(C)=O)[C@H](O[C@H]3C(O)C(O)[C@H](O[C@@H]4C(NC(C)=O)[C@H](C)OC(CO)[C@H]4O)O[C@H]3C(=O)[O-])OC(CO)[C@H]2O)O[C@H]1C(=O)Nc1ccc2c(c1)B(O)OC2.[Na+]. The number of amides is 4. The fourth-order valence-corrected chi connectivity index (χ4v) is 9.80. The van der Waals surface area contributed by atoms with Gasteiger partial charge in [0.15, 0.2) is 25.0 Å². The number of fused-ring (bicyclic) bond motifs is 2. The van der Waals surface area contributed by atoms with Crippen LogP contribution in [0.2, 0.25) is 0 Å². The van der Waals surface area contributed by atoms with Crippen molar-refractivity contribution in [1.29, 1.82) is 0 Å². The maximum absolute atomic E-state index is 13.6. The van der Waals surface area contributed by atoms with E-state index < -0.39 is 174 Å². The Hall–Kier alpha value is -3.88. The van der Waals surface area contributed by atoms with Gasteiger partial charge in [0.2, 0.25) is 17.7 Å². The Balaban J connectivity index is 0.000000580. The normalized spacial score (nSPS) is 35.8. The minimum Gasteiger partial charge on any atom is -0.547 e. The number of carbonyl (C=O) groups excluding carboxylic acids is 5. The Labute approximate surface area is 473 Å². The fourth-order valence-electron chi connectivity index (χ4n) is 9.80. The van der Waals surface area contributed by atoms with Crippen molar-refractivity contribution in [3.63, 3.8) is 0 Å². The number of carboxylic acid groups (broad SMARTS) is 1. The van der Waals surface area contributed by atoms with Crippen LogP contribution in [0.3, 0.4) is 0 Å². The number of aliphatic hydroxyl groups is 8. The zero-order chi connectivity index (χ0) is 57.0. The van der Waals surface area contributed by atoms with E-state index in [-0.39, 0.29) is 47.8 Å². The molecule has 0 radical (unpaired) electrons. The first-order chi connectivity index (χ1) is 37.0. The maximum Gasteiger partial charge on any atom is 1.00 e. The van der Waals surface area contributed by atoms with E-state index in [1.807, 2.05) is 6.07 Å². The Morgan fingerprint density at radius 2 is 1.05 bits per heavy atom. The number of anilines is 2. The zero-order valence-corrected chi connectivity index (χ0v) is 45.5. The summed E-state index contributed by atoms with van der Waals surface area (Å²) in [7, 11) is -0.990. The third-order valence-corrected chi connectivity index (χ3v) is 13.7. The van der Waals surface area contributed by atoms with E-state index in [2.05, 4.69) is 21.3 Å². The number of hydrogen-bond acceptors (Lipinski definition) is 26. The second-order valence-electron chi connectivity index (χ2n) is 19.2. The monoisotopic (exact) mass is 1130 g/mol. The van der Waals surface area contributed by atoms with Gasteiger partial charge < -0.3 is 129 Å². The van der Waals surface area contributed by atoms with E-state index in [0.717, 1.165) is 32.0 Å². The molecule has 2 aromatic carbocycles. The molecule has 2 aromatic rings. The predicted molar refractivity (Wildman–Crippen MR) is 257 cm³/mol. The first-order valence-electron chi connectivity index (χ1n) is 24.6. The number of benzene rings is 2. The third-order valence-electron chi connectivity index (χ3n) is 13.7. The number of nitrogens with one attached hydrogen (secondary N) is 4.